The van der Waals surface area contributed by atoms with E-state index in [0.717, 1.165) is 18.7 Å². The van der Waals surface area contributed by atoms with Crippen LogP contribution >= 0.6 is 0 Å². The van der Waals surface area contributed by atoms with Crippen molar-refractivity contribution in [3.8, 4) is 22.6 Å². The summed E-state index contributed by atoms with van der Waals surface area (Å²) < 4.78 is 30.9. The SMILES string of the molecule is CC1(CN)COC(c2nc(-c3ccc(F)cc3)c(-c3ccnc(N4CCOCC4)n3)[nH]2)OC1. The van der Waals surface area contributed by atoms with Gasteiger partial charge in [0.05, 0.1) is 43.5 Å². The Kier molecular flexibility index (Phi) is 6.07. The van der Waals surface area contributed by atoms with Crippen molar-refractivity contribution in [2.75, 3.05) is 51.0 Å². The molecule has 0 unspecified atom stereocenters. The first kappa shape index (κ1) is 21.9. The van der Waals surface area contributed by atoms with Gasteiger partial charge in [-0.05, 0) is 30.3 Å². The van der Waals surface area contributed by atoms with Gasteiger partial charge in [0.1, 0.15) is 5.82 Å². The van der Waals surface area contributed by atoms with Crippen molar-refractivity contribution in [2.45, 2.75) is 13.2 Å². The summed E-state index contributed by atoms with van der Waals surface area (Å²) in [6, 6.07) is 8.02. The van der Waals surface area contributed by atoms with Gasteiger partial charge in [0.2, 0.25) is 12.2 Å². The van der Waals surface area contributed by atoms with Crippen LogP contribution in [0.3, 0.4) is 0 Å². The number of morpholine rings is 1. The quantitative estimate of drug-likeness (QED) is 0.605. The number of H-pyrrole nitrogens is 1. The van der Waals surface area contributed by atoms with Crippen molar-refractivity contribution < 1.29 is 18.6 Å². The molecule has 2 fully saturated rings. The highest BCUT2D eigenvalue weighted by Crippen LogP contribution is 2.35. The zero-order valence-electron chi connectivity index (χ0n) is 18.5. The minimum atomic E-state index is -0.655. The normalized spacial score (nSPS) is 23.6. The van der Waals surface area contributed by atoms with Crippen LogP contribution in [0.15, 0.2) is 36.5 Å². The van der Waals surface area contributed by atoms with Crippen LogP contribution in [-0.2, 0) is 14.2 Å². The molecule has 5 rings (SSSR count). The monoisotopic (exact) mass is 454 g/mol. The summed E-state index contributed by atoms with van der Waals surface area (Å²) in [5.74, 6) is 0.837. The summed E-state index contributed by atoms with van der Waals surface area (Å²) in [7, 11) is 0. The molecule has 0 amide bonds. The van der Waals surface area contributed by atoms with Crippen LogP contribution in [-0.4, -0.2) is 66.0 Å². The lowest BCUT2D eigenvalue weighted by atomic mass is 9.93. The molecule has 0 radical (unpaired) electrons. The van der Waals surface area contributed by atoms with E-state index in [2.05, 4.69) is 14.9 Å². The first-order chi connectivity index (χ1) is 16.0. The second-order valence-electron chi connectivity index (χ2n) is 8.66. The first-order valence-electron chi connectivity index (χ1n) is 11.0. The van der Waals surface area contributed by atoms with E-state index in [1.807, 2.05) is 13.0 Å². The molecule has 0 spiro atoms. The Morgan fingerprint density at radius 2 is 1.85 bits per heavy atom. The number of imidazole rings is 1. The average molecular weight is 455 g/mol. The van der Waals surface area contributed by atoms with Crippen LogP contribution in [0.1, 0.15) is 19.0 Å². The molecule has 4 heterocycles. The lowest BCUT2D eigenvalue weighted by Gasteiger charge is -2.35. The number of hydrogen-bond donors (Lipinski definition) is 2. The molecular formula is C23H27FN6O3. The fraction of sp³-hybridized carbons (Fsp3) is 0.435. The molecule has 0 saturated carbocycles. The van der Waals surface area contributed by atoms with E-state index < -0.39 is 6.29 Å². The third kappa shape index (κ3) is 4.60. The molecule has 2 aliphatic rings. The number of halogens is 1. The van der Waals surface area contributed by atoms with Crippen LogP contribution < -0.4 is 10.6 Å². The molecule has 2 aliphatic heterocycles. The second kappa shape index (κ2) is 9.14. The maximum absolute atomic E-state index is 13.6. The molecular weight excluding hydrogens is 427 g/mol. The van der Waals surface area contributed by atoms with Gasteiger partial charge in [-0.25, -0.2) is 19.3 Å². The minimum absolute atomic E-state index is 0.231. The van der Waals surface area contributed by atoms with Crippen LogP contribution in [0.4, 0.5) is 10.3 Å². The Hall–Kier alpha value is -2.92. The summed E-state index contributed by atoms with van der Waals surface area (Å²) in [6.07, 6.45) is 1.07. The number of hydrogen-bond acceptors (Lipinski definition) is 8. The van der Waals surface area contributed by atoms with Gasteiger partial charge in [-0.2, -0.15) is 0 Å². The number of rotatable bonds is 5. The number of nitrogens with zero attached hydrogens (tertiary/aromatic N) is 4. The lowest BCUT2D eigenvalue weighted by molar-refractivity contribution is -0.231. The van der Waals surface area contributed by atoms with E-state index in [1.54, 1.807) is 18.3 Å². The zero-order chi connectivity index (χ0) is 22.8. The van der Waals surface area contributed by atoms with Crippen LogP contribution in [0.2, 0.25) is 0 Å². The second-order valence-corrected chi connectivity index (χ2v) is 8.66. The van der Waals surface area contributed by atoms with Crippen molar-refractivity contribution >= 4 is 5.95 Å². The molecule has 3 aromatic rings. The molecule has 0 atom stereocenters. The summed E-state index contributed by atoms with van der Waals surface area (Å²) in [6.45, 7) is 6.15. The van der Waals surface area contributed by atoms with Crippen molar-refractivity contribution in [3.05, 3.63) is 48.2 Å². The third-order valence-electron chi connectivity index (χ3n) is 5.92. The fourth-order valence-electron chi connectivity index (χ4n) is 3.83. The number of aromatic amines is 1. The van der Waals surface area contributed by atoms with Crippen LogP contribution in [0.5, 0.6) is 0 Å². The largest absolute Gasteiger partial charge is 0.378 e. The van der Waals surface area contributed by atoms with Gasteiger partial charge in [0.25, 0.3) is 0 Å². The van der Waals surface area contributed by atoms with Crippen molar-refractivity contribution in [1.29, 1.82) is 0 Å². The fourth-order valence-corrected chi connectivity index (χ4v) is 3.83. The molecule has 1 aromatic carbocycles. The van der Waals surface area contributed by atoms with Crippen LogP contribution in [0, 0.1) is 11.2 Å². The molecule has 2 aromatic heterocycles. The first-order valence-corrected chi connectivity index (χ1v) is 11.0. The highest BCUT2D eigenvalue weighted by molar-refractivity contribution is 5.77. The molecule has 9 nitrogen and oxygen atoms in total. The number of anilines is 1. The lowest BCUT2D eigenvalue weighted by Crippen LogP contribution is -2.42. The van der Waals surface area contributed by atoms with Crippen molar-refractivity contribution in [2.24, 2.45) is 11.1 Å². The van der Waals surface area contributed by atoms with E-state index in [9.17, 15) is 4.39 Å². The van der Waals surface area contributed by atoms with Gasteiger partial charge >= 0.3 is 0 Å². The molecule has 0 aliphatic carbocycles. The van der Waals surface area contributed by atoms with Crippen molar-refractivity contribution in [1.82, 2.24) is 19.9 Å². The Balaban J connectivity index is 1.51. The zero-order valence-corrected chi connectivity index (χ0v) is 18.5. The standard InChI is InChI=1S/C23H27FN6O3/c1-23(12-25)13-32-21(33-14-23)20-28-18(15-2-4-16(24)5-3-15)19(29-20)17-6-7-26-22(27-17)30-8-10-31-11-9-30/h2-7,21H,8-14,25H2,1H3,(H,28,29). The maximum Gasteiger partial charge on any atom is 0.226 e. The minimum Gasteiger partial charge on any atom is -0.378 e. The Labute approximate surface area is 191 Å². The highest BCUT2D eigenvalue weighted by atomic mass is 19.1. The molecule has 33 heavy (non-hydrogen) atoms. The van der Waals surface area contributed by atoms with Gasteiger partial charge in [0, 0.05) is 36.8 Å². The Morgan fingerprint density at radius 1 is 1.12 bits per heavy atom. The van der Waals surface area contributed by atoms with E-state index in [0.29, 0.717) is 61.8 Å². The highest BCUT2D eigenvalue weighted by Gasteiger charge is 2.34. The van der Waals surface area contributed by atoms with Gasteiger partial charge < -0.3 is 29.8 Å². The molecule has 174 valence electrons. The molecule has 3 N–H and O–H groups in total. The van der Waals surface area contributed by atoms with Gasteiger partial charge in [0.15, 0.2) is 5.82 Å². The predicted molar refractivity (Wildman–Crippen MR) is 120 cm³/mol. The summed E-state index contributed by atoms with van der Waals surface area (Å²) >= 11 is 0. The van der Waals surface area contributed by atoms with E-state index in [1.165, 1.54) is 12.1 Å². The van der Waals surface area contributed by atoms with Gasteiger partial charge in [-0.3, -0.25) is 0 Å². The topological polar surface area (TPSA) is 111 Å². The van der Waals surface area contributed by atoms with Crippen molar-refractivity contribution in [3.63, 3.8) is 0 Å². The Morgan fingerprint density at radius 3 is 2.55 bits per heavy atom. The summed E-state index contributed by atoms with van der Waals surface area (Å²) in [5, 5.41) is 0. The van der Waals surface area contributed by atoms with Gasteiger partial charge in [-0.15, -0.1) is 0 Å². The Bertz CT molecular complexity index is 1090. The molecule has 2 saturated heterocycles. The predicted octanol–water partition coefficient (Wildman–Crippen LogP) is 2.52. The van der Waals surface area contributed by atoms with E-state index >= 15 is 0 Å². The number of ether oxygens (including phenoxy) is 3. The molecule has 0 bridgehead atoms. The third-order valence-corrected chi connectivity index (χ3v) is 5.92. The molecule has 10 heteroatoms. The summed E-state index contributed by atoms with van der Waals surface area (Å²) in [4.78, 5) is 19.4. The van der Waals surface area contributed by atoms with E-state index in [4.69, 9.17) is 29.9 Å². The smallest absolute Gasteiger partial charge is 0.226 e. The number of benzene rings is 1. The number of aromatic nitrogens is 4. The number of nitrogens with one attached hydrogen (secondary N) is 1. The average Bonchev–Trinajstić information content (AvgIpc) is 3.31. The van der Waals surface area contributed by atoms with E-state index in [-0.39, 0.29) is 11.2 Å². The maximum atomic E-state index is 13.6. The van der Waals surface area contributed by atoms with Crippen LogP contribution in [0.25, 0.3) is 22.6 Å². The van der Waals surface area contributed by atoms with Gasteiger partial charge in [-0.1, -0.05) is 6.92 Å². The summed E-state index contributed by atoms with van der Waals surface area (Å²) in [5.41, 5.74) is 8.37. The number of nitrogens with two attached hydrogens (primary N) is 1.